The first-order chi connectivity index (χ1) is 8.76. The molecule has 2 rings (SSSR count). The van der Waals surface area contributed by atoms with E-state index in [0.717, 1.165) is 37.5 Å². The lowest BCUT2D eigenvalue weighted by atomic mass is 10.2. The normalized spacial score (nSPS) is 21.7. The van der Waals surface area contributed by atoms with E-state index in [-0.39, 0.29) is 12.6 Å². The number of ether oxygens (including phenoxy) is 1. The molecule has 0 saturated carbocycles. The van der Waals surface area contributed by atoms with Gasteiger partial charge in [-0.3, -0.25) is 0 Å². The van der Waals surface area contributed by atoms with Crippen molar-refractivity contribution in [3.8, 4) is 5.75 Å². The number of para-hydroxylation sites is 2. The Morgan fingerprint density at radius 1 is 1.33 bits per heavy atom. The minimum Gasteiger partial charge on any atom is -0.495 e. The fourth-order valence-electron chi connectivity index (χ4n) is 2.58. The van der Waals surface area contributed by atoms with Gasteiger partial charge in [0.2, 0.25) is 0 Å². The van der Waals surface area contributed by atoms with Gasteiger partial charge in [-0.25, -0.2) is 0 Å². The van der Waals surface area contributed by atoms with E-state index < -0.39 is 0 Å². The zero-order valence-corrected chi connectivity index (χ0v) is 11.2. The molecule has 0 radical (unpaired) electrons. The van der Waals surface area contributed by atoms with Crippen molar-refractivity contribution in [1.82, 2.24) is 4.90 Å². The van der Waals surface area contributed by atoms with Crippen molar-refractivity contribution in [2.75, 3.05) is 45.3 Å². The maximum absolute atomic E-state index is 9.62. The first kappa shape index (κ1) is 13.2. The number of aliphatic hydroxyl groups excluding tert-OH is 1. The van der Waals surface area contributed by atoms with Crippen molar-refractivity contribution in [2.45, 2.75) is 12.5 Å². The summed E-state index contributed by atoms with van der Waals surface area (Å²) in [6.07, 6.45) is 1.10. The number of rotatable bonds is 3. The summed E-state index contributed by atoms with van der Waals surface area (Å²) in [5.41, 5.74) is 1.08. The molecule has 4 nitrogen and oxygen atoms in total. The first-order valence-electron chi connectivity index (χ1n) is 6.45. The summed E-state index contributed by atoms with van der Waals surface area (Å²) in [7, 11) is 3.80. The van der Waals surface area contributed by atoms with Crippen LogP contribution in [0.5, 0.6) is 5.75 Å². The van der Waals surface area contributed by atoms with Crippen LogP contribution in [-0.2, 0) is 0 Å². The van der Waals surface area contributed by atoms with Crippen LogP contribution in [0.2, 0.25) is 0 Å². The number of benzene rings is 1. The summed E-state index contributed by atoms with van der Waals surface area (Å²) in [4.78, 5) is 4.54. The van der Waals surface area contributed by atoms with Crippen LogP contribution in [-0.4, -0.2) is 56.4 Å². The molecule has 1 aromatic carbocycles. The number of nitrogens with zero attached hydrogens (tertiary/aromatic N) is 2. The highest BCUT2D eigenvalue weighted by Crippen LogP contribution is 2.30. The second kappa shape index (κ2) is 6.07. The molecule has 1 aliphatic rings. The van der Waals surface area contributed by atoms with E-state index in [4.69, 9.17) is 4.74 Å². The quantitative estimate of drug-likeness (QED) is 0.874. The monoisotopic (exact) mass is 250 g/mol. The van der Waals surface area contributed by atoms with E-state index in [1.54, 1.807) is 7.11 Å². The lowest BCUT2D eigenvalue weighted by molar-refractivity contribution is 0.228. The summed E-state index contributed by atoms with van der Waals surface area (Å²) in [6.45, 7) is 3.08. The molecule has 0 amide bonds. The van der Waals surface area contributed by atoms with Crippen molar-refractivity contribution < 1.29 is 9.84 Å². The Hall–Kier alpha value is -1.26. The van der Waals surface area contributed by atoms with Gasteiger partial charge in [-0.05, 0) is 32.1 Å². The van der Waals surface area contributed by atoms with Crippen LogP contribution in [0.25, 0.3) is 0 Å². The fourth-order valence-corrected chi connectivity index (χ4v) is 2.58. The van der Waals surface area contributed by atoms with Crippen LogP contribution < -0.4 is 9.64 Å². The molecule has 1 N–H and O–H groups in total. The SMILES string of the molecule is COc1ccccc1N1CCCN(C)CC1CO. The van der Waals surface area contributed by atoms with Gasteiger partial charge in [-0.15, -0.1) is 0 Å². The van der Waals surface area contributed by atoms with Crippen LogP contribution >= 0.6 is 0 Å². The lowest BCUT2D eigenvalue weighted by Gasteiger charge is -2.32. The molecule has 4 heteroatoms. The van der Waals surface area contributed by atoms with Crippen LogP contribution in [0.4, 0.5) is 5.69 Å². The summed E-state index contributed by atoms with van der Waals surface area (Å²) < 4.78 is 5.42. The third-order valence-electron chi connectivity index (χ3n) is 3.51. The Kier molecular flexibility index (Phi) is 4.44. The molecule has 1 aliphatic heterocycles. The second-order valence-corrected chi connectivity index (χ2v) is 4.82. The van der Waals surface area contributed by atoms with Crippen LogP contribution in [0.15, 0.2) is 24.3 Å². The molecular weight excluding hydrogens is 228 g/mol. The molecular formula is C14H22N2O2. The molecule has 0 aliphatic carbocycles. The second-order valence-electron chi connectivity index (χ2n) is 4.82. The number of hydrogen-bond acceptors (Lipinski definition) is 4. The number of aliphatic hydroxyl groups is 1. The first-order valence-corrected chi connectivity index (χ1v) is 6.45. The average molecular weight is 250 g/mol. The van der Waals surface area contributed by atoms with Gasteiger partial charge in [-0.1, -0.05) is 12.1 Å². The number of anilines is 1. The fraction of sp³-hybridized carbons (Fsp3) is 0.571. The standard InChI is InChI=1S/C14H22N2O2/c1-15-8-5-9-16(12(10-15)11-17)13-6-3-4-7-14(13)18-2/h3-4,6-7,12,17H,5,8-11H2,1-2H3. The molecule has 1 unspecified atom stereocenters. The van der Waals surface area contributed by atoms with Crippen molar-refractivity contribution in [3.05, 3.63) is 24.3 Å². The topological polar surface area (TPSA) is 35.9 Å². The van der Waals surface area contributed by atoms with Gasteiger partial charge in [-0.2, -0.15) is 0 Å². The smallest absolute Gasteiger partial charge is 0.142 e. The van der Waals surface area contributed by atoms with E-state index in [9.17, 15) is 5.11 Å². The van der Waals surface area contributed by atoms with Crippen molar-refractivity contribution in [1.29, 1.82) is 0 Å². The molecule has 1 saturated heterocycles. The Morgan fingerprint density at radius 2 is 2.11 bits per heavy atom. The van der Waals surface area contributed by atoms with E-state index >= 15 is 0 Å². The molecule has 0 spiro atoms. The summed E-state index contributed by atoms with van der Waals surface area (Å²) in [5.74, 6) is 0.875. The molecule has 1 aromatic rings. The van der Waals surface area contributed by atoms with Crippen LogP contribution in [0.3, 0.4) is 0 Å². The maximum Gasteiger partial charge on any atom is 0.142 e. The van der Waals surface area contributed by atoms with Gasteiger partial charge >= 0.3 is 0 Å². The van der Waals surface area contributed by atoms with Crippen molar-refractivity contribution >= 4 is 5.69 Å². The van der Waals surface area contributed by atoms with Gasteiger partial charge in [0.1, 0.15) is 5.75 Å². The third kappa shape index (κ3) is 2.76. The average Bonchev–Trinajstić information content (AvgIpc) is 2.60. The molecule has 18 heavy (non-hydrogen) atoms. The van der Waals surface area contributed by atoms with E-state index in [0.29, 0.717) is 0 Å². The number of hydrogen-bond donors (Lipinski definition) is 1. The highest BCUT2D eigenvalue weighted by Gasteiger charge is 2.24. The van der Waals surface area contributed by atoms with Crippen LogP contribution in [0.1, 0.15) is 6.42 Å². The zero-order valence-electron chi connectivity index (χ0n) is 11.2. The number of methoxy groups -OCH3 is 1. The summed E-state index contributed by atoms with van der Waals surface area (Å²) in [5, 5.41) is 9.62. The van der Waals surface area contributed by atoms with Crippen LogP contribution in [0, 0.1) is 0 Å². The number of likely N-dealkylation sites (N-methyl/N-ethyl adjacent to an activating group) is 1. The van der Waals surface area contributed by atoms with Gasteiger partial charge in [0.25, 0.3) is 0 Å². The highest BCUT2D eigenvalue weighted by molar-refractivity contribution is 5.59. The predicted octanol–water partition coefficient (Wildman–Crippen LogP) is 1.20. The van der Waals surface area contributed by atoms with Gasteiger partial charge in [0.15, 0.2) is 0 Å². The van der Waals surface area contributed by atoms with E-state index in [1.807, 2.05) is 18.2 Å². The Labute approximate surface area is 109 Å². The molecule has 1 atom stereocenters. The van der Waals surface area contributed by atoms with E-state index in [2.05, 4.69) is 22.9 Å². The summed E-state index contributed by atoms with van der Waals surface area (Å²) in [6, 6.07) is 8.15. The largest absolute Gasteiger partial charge is 0.495 e. The molecule has 1 heterocycles. The van der Waals surface area contributed by atoms with Crippen molar-refractivity contribution in [3.63, 3.8) is 0 Å². The van der Waals surface area contributed by atoms with Gasteiger partial charge in [0, 0.05) is 13.1 Å². The maximum atomic E-state index is 9.62. The zero-order chi connectivity index (χ0) is 13.0. The van der Waals surface area contributed by atoms with Gasteiger partial charge in [0.05, 0.1) is 25.4 Å². The third-order valence-corrected chi connectivity index (χ3v) is 3.51. The summed E-state index contributed by atoms with van der Waals surface area (Å²) >= 11 is 0. The molecule has 0 aromatic heterocycles. The van der Waals surface area contributed by atoms with E-state index in [1.165, 1.54) is 0 Å². The Morgan fingerprint density at radius 3 is 2.83 bits per heavy atom. The minimum absolute atomic E-state index is 0.133. The van der Waals surface area contributed by atoms with Gasteiger partial charge < -0.3 is 19.6 Å². The predicted molar refractivity (Wildman–Crippen MR) is 73.3 cm³/mol. The molecule has 0 bridgehead atoms. The Balaban J connectivity index is 2.28. The molecule has 100 valence electrons. The minimum atomic E-state index is 0.133. The van der Waals surface area contributed by atoms with Crippen molar-refractivity contribution in [2.24, 2.45) is 0 Å². The Bertz CT molecular complexity index is 384. The highest BCUT2D eigenvalue weighted by atomic mass is 16.5. The lowest BCUT2D eigenvalue weighted by Crippen LogP contribution is -2.43. The molecule has 1 fully saturated rings.